The quantitative estimate of drug-likeness (QED) is 0.780. The zero-order valence-electron chi connectivity index (χ0n) is 16.3. The summed E-state index contributed by atoms with van der Waals surface area (Å²) in [5.74, 6) is 1.38. The summed E-state index contributed by atoms with van der Waals surface area (Å²) in [6.07, 6.45) is 2.15. The van der Waals surface area contributed by atoms with E-state index in [1.807, 2.05) is 35.9 Å². The van der Waals surface area contributed by atoms with Crippen LogP contribution in [0.1, 0.15) is 37.9 Å². The number of urea groups is 1. The SMILES string of the molecule is C=C1c2c(nc(NC(C)CCC)n2C)N(C)C(=O)N1Cc1ccc(Cl)cc1. The lowest BCUT2D eigenvalue weighted by Gasteiger charge is -2.34. The molecule has 1 aromatic carbocycles. The molecule has 0 saturated carbocycles. The fourth-order valence-electron chi connectivity index (χ4n) is 3.35. The third-order valence-corrected chi connectivity index (χ3v) is 5.11. The van der Waals surface area contributed by atoms with Gasteiger partial charge in [-0.25, -0.2) is 4.79 Å². The van der Waals surface area contributed by atoms with Gasteiger partial charge in [0, 0.05) is 25.2 Å². The lowest BCUT2D eigenvalue weighted by Crippen LogP contribution is -2.44. The predicted molar refractivity (Wildman–Crippen MR) is 111 cm³/mol. The van der Waals surface area contributed by atoms with Gasteiger partial charge in [-0.05, 0) is 31.0 Å². The van der Waals surface area contributed by atoms with Crippen molar-refractivity contribution in [1.82, 2.24) is 14.5 Å². The van der Waals surface area contributed by atoms with Gasteiger partial charge >= 0.3 is 6.03 Å². The van der Waals surface area contributed by atoms with Crippen LogP contribution < -0.4 is 10.2 Å². The molecule has 2 amide bonds. The summed E-state index contributed by atoms with van der Waals surface area (Å²) in [5.41, 5.74) is 2.48. The molecule has 1 atom stereocenters. The highest BCUT2D eigenvalue weighted by Gasteiger charge is 2.35. The minimum Gasteiger partial charge on any atom is -0.353 e. The van der Waals surface area contributed by atoms with Crippen molar-refractivity contribution in [1.29, 1.82) is 0 Å². The van der Waals surface area contributed by atoms with Crippen molar-refractivity contribution in [2.24, 2.45) is 7.05 Å². The number of aromatic nitrogens is 2. The zero-order valence-corrected chi connectivity index (χ0v) is 17.0. The van der Waals surface area contributed by atoms with Crippen LogP contribution in [0.3, 0.4) is 0 Å². The van der Waals surface area contributed by atoms with Gasteiger partial charge in [0.25, 0.3) is 0 Å². The van der Waals surface area contributed by atoms with Gasteiger partial charge < -0.3 is 9.88 Å². The highest BCUT2D eigenvalue weighted by atomic mass is 35.5. The minimum absolute atomic E-state index is 0.145. The number of hydrogen-bond acceptors (Lipinski definition) is 3. The number of imidazole rings is 1. The van der Waals surface area contributed by atoms with Crippen LogP contribution in [0.15, 0.2) is 30.8 Å². The lowest BCUT2D eigenvalue weighted by atomic mass is 10.1. The summed E-state index contributed by atoms with van der Waals surface area (Å²) < 4.78 is 1.97. The molecule has 144 valence electrons. The number of nitrogens with zero attached hydrogens (tertiary/aromatic N) is 4. The van der Waals surface area contributed by atoms with Crippen molar-refractivity contribution in [3.05, 3.63) is 47.1 Å². The van der Waals surface area contributed by atoms with Crippen molar-refractivity contribution in [2.45, 2.75) is 39.3 Å². The molecule has 1 aliphatic rings. The number of hydrogen-bond donors (Lipinski definition) is 1. The van der Waals surface area contributed by atoms with E-state index in [0.717, 1.165) is 30.0 Å². The standard InChI is InChI=1S/C20H26ClN5O/c1-6-7-13(2)22-19-23-18-17(24(19)4)14(3)26(20(27)25(18)5)12-15-8-10-16(21)11-9-15/h8-11,13H,3,6-7,12H2,1-2,4-5H3,(H,22,23). The lowest BCUT2D eigenvalue weighted by molar-refractivity contribution is 0.222. The van der Waals surface area contributed by atoms with Crippen LogP contribution >= 0.6 is 11.6 Å². The monoisotopic (exact) mass is 387 g/mol. The Kier molecular flexibility index (Phi) is 5.46. The highest BCUT2D eigenvalue weighted by Crippen LogP contribution is 2.36. The van der Waals surface area contributed by atoms with Crippen molar-refractivity contribution in [2.75, 3.05) is 17.3 Å². The summed E-state index contributed by atoms with van der Waals surface area (Å²) >= 11 is 5.96. The largest absolute Gasteiger partial charge is 0.353 e. The number of halogens is 1. The average molecular weight is 388 g/mol. The fourth-order valence-corrected chi connectivity index (χ4v) is 3.47. The second-order valence-corrected chi connectivity index (χ2v) is 7.44. The third kappa shape index (κ3) is 3.67. The van der Waals surface area contributed by atoms with E-state index >= 15 is 0 Å². The number of rotatable bonds is 6. The Bertz CT molecular complexity index is 858. The number of nitrogens with one attached hydrogen (secondary N) is 1. The average Bonchev–Trinajstić information content (AvgIpc) is 2.95. The molecular formula is C20H26ClN5O. The van der Waals surface area contributed by atoms with Gasteiger partial charge in [-0.15, -0.1) is 0 Å². The first kappa shape index (κ1) is 19.3. The predicted octanol–water partition coefficient (Wildman–Crippen LogP) is 4.72. The van der Waals surface area contributed by atoms with Crippen LogP contribution in [0.4, 0.5) is 16.6 Å². The van der Waals surface area contributed by atoms with Crippen molar-refractivity contribution in [3.63, 3.8) is 0 Å². The topological polar surface area (TPSA) is 53.4 Å². The van der Waals surface area contributed by atoms with Gasteiger partial charge in [0.15, 0.2) is 5.82 Å². The van der Waals surface area contributed by atoms with E-state index < -0.39 is 0 Å². The molecule has 3 rings (SSSR count). The molecule has 0 radical (unpaired) electrons. The molecule has 0 saturated heterocycles. The Morgan fingerprint density at radius 3 is 2.56 bits per heavy atom. The fraction of sp³-hybridized carbons (Fsp3) is 0.400. The van der Waals surface area contributed by atoms with Crippen molar-refractivity contribution in [3.8, 4) is 0 Å². The molecule has 1 aromatic heterocycles. The van der Waals surface area contributed by atoms with E-state index in [-0.39, 0.29) is 6.03 Å². The van der Waals surface area contributed by atoms with Gasteiger partial charge in [0.05, 0.1) is 12.2 Å². The molecule has 0 fully saturated rings. The Balaban J connectivity index is 1.91. The van der Waals surface area contributed by atoms with Gasteiger partial charge in [-0.3, -0.25) is 9.80 Å². The van der Waals surface area contributed by atoms with E-state index in [4.69, 9.17) is 11.6 Å². The number of benzene rings is 1. The maximum Gasteiger partial charge on any atom is 0.330 e. The Labute approximate surface area is 165 Å². The van der Waals surface area contributed by atoms with Crippen LogP contribution in [-0.2, 0) is 13.6 Å². The Morgan fingerprint density at radius 1 is 1.26 bits per heavy atom. The van der Waals surface area contributed by atoms with Crippen molar-refractivity contribution >= 4 is 35.1 Å². The normalized spacial score (nSPS) is 15.1. The van der Waals surface area contributed by atoms with E-state index in [1.54, 1.807) is 16.8 Å². The molecule has 1 unspecified atom stereocenters. The molecule has 1 aliphatic heterocycles. The number of amides is 2. The molecule has 6 nitrogen and oxygen atoms in total. The van der Waals surface area contributed by atoms with Crippen LogP contribution in [0.5, 0.6) is 0 Å². The summed E-state index contributed by atoms with van der Waals surface area (Å²) in [7, 11) is 3.69. The highest BCUT2D eigenvalue weighted by molar-refractivity contribution is 6.30. The van der Waals surface area contributed by atoms with Gasteiger partial charge in [-0.2, -0.15) is 4.98 Å². The molecule has 7 heteroatoms. The van der Waals surface area contributed by atoms with Crippen LogP contribution in [-0.4, -0.2) is 33.6 Å². The first-order chi connectivity index (χ1) is 12.8. The second-order valence-electron chi connectivity index (χ2n) is 7.00. The Hall–Kier alpha value is -2.47. The molecule has 0 bridgehead atoms. The number of anilines is 2. The zero-order chi connectivity index (χ0) is 19.7. The first-order valence-electron chi connectivity index (χ1n) is 9.15. The maximum absolute atomic E-state index is 12.9. The smallest absolute Gasteiger partial charge is 0.330 e. The number of fused-ring (bicyclic) bond motifs is 1. The minimum atomic E-state index is -0.145. The molecule has 2 aromatic rings. The van der Waals surface area contributed by atoms with Crippen LogP contribution in [0.25, 0.3) is 5.70 Å². The van der Waals surface area contributed by atoms with E-state index in [0.29, 0.717) is 29.1 Å². The van der Waals surface area contributed by atoms with E-state index in [9.17, 15) is 4.79 Å². The maximum atomic E-state index is 12.9. The number of carbonyl (C=O) groups is 1. The van der Waals surface area contributed by atoms with Gasteiger partial charge in [0.2, 0.25) is 5.95 Å². The van der Waals surface area contributed by atoms with Crippen LogP contribution in [0, 0.1) is 0 Å². The molecular weight excluding hydrogens is 362 g/mol. The van der Waals surface area contributed by atoms with Gasteiger partial charge in [-0.1, -0.05) is 43.7 Å². The molecule has 0 spiro atoms. The summed E-state index contributed by atoms with van der Waals surface area (Å²) in [6, 6.07) is 7.64. The number of carbonyl (C=O) groups excluding carboxylic acids is 1. The summed E-state index contributed by atoms with van der Waals surface area (Å²) in [4.78, 5) is 20.8. The second kappa shape index (κ2) is 7.64. The first-order valence-corrected chi connectivity index (χ1v) is 9.53. The van der Waals surface area contributed by atoms with E-state index in [2.05, 4.69) is 30.7 Å². The van der Waals surface area contributed by atoms with Crippen LogP contribution in [0.2, 0.25) is 5.02 Å². The summed E-state index contributed by atoms with van der Waals surface area (Å²) in [6.45, 7) is 8.91. The summed E-state index contributed by atoms with van der Waals surface area (Å²) in [5, 5.41) is 4.11. The molecule has 0 aliphatic carbocycles. The molecule has 1 N–H and O–H groups in total. The third-order valence-electron chi connectivity index (χ3n) is 4.86. The molecule has 2 heterocycles. The Morgan fingerprint density at radius 2 is 1.93 bits per heavy atom. The van der Waals surface area contributed by atoms with Crippen molar-refractivity contribution < 1.29 is 4.79 Å². The van der Waals surface area contributed by atoms with Gasteiger partial charge in [0.1, 0.15) is 5.69 Å². The van der Waals surface area contributed by atoms with E-state index in [1.165, 1.54) is 0 Å². The molecule has 27 heavy (non-hydrogen) atoms.